The van der Waals surface area contributed by atoms with Gasteiger partial charge in [0.05, 0.1) is 13.1 Å². The highest BCUT2D eigenvalue weighted by atomic mass is 32.1. The van der Waals surface area contributed by atoms with E-state index in [1.165, 1.54) is 33.4 Å². The summed E-state index contributed by atoms with van der Waals surface area (Å²) >= 11 is 1.52. The maximum Gasteiger partial charge on any atom is 0.524 e. The lowest BCUT2D eigenvalue weighted by molar-refractivity contribution is -0.189. The third-order valence-corrected chi connectivity index (χ3v) is 9.73. The van der Waals surface area contributed by atoms with Crippen molar-refractivity contribution < 1.29 is 33.3 Å². The zero-order valence-corrected chi connectivity index (χ0v) is 27.6. The summed E-state index contributed by atoms with van der Waals surface area (Å²) in [5.74, 6) is -0.640. The molecule has 2 fully saturated rings. The molecule has 0 bridgehead atoms. The van der Waals surface area contributed by atoms with Gasteiger partial charge < -0.3 is 25.4 Å². The van der Waals surface area contributed by atoms with Gasteiger partial charge in [-0.3, -0.25) is 19.4 Å². The second-order valence-electron chi connectivity index (χ2n) is 11.6. The summed E-state index contributed by atoms with van der Waals surface area (Å²) in [6, 6.07) is 19.7. The summed E-state index contributed by atoms with van der Waals surface area (Å²) in [4.78, 5) is 63.7. The van der Waals surface area contributed by atoms with Gasteiger partial charge in [-0.15, -0.1) is 17.9 Å². The second kappa shape index (κ2) is 13.8. The molecule has 2 atom stereocenters. The maximum absolute atomic E-state index is 14.3. The van der Waals surface area contributed by atoms with Crippen LogP contribution in [-0.2, 0) is 33.7 Å². The number of hydrogen-bond donors (Lipinski definition) is 4. The minimum Gasteiger partial charge on any atom is -0.404 e. The molecule has 13 nitrogen and oxygen atoms in total. The number of hydrazine groups is 1. The minimum absolute atomic E-state index is 0.0399. The van der Waals surface area contributed by atoms with E-state index in [0.717, 1.165) is 21.2 Å². The van der Waals surface area contributed by atoms with E-state index in [0.29, 0.717) is 11.3 Å². The van der Waals surface area contributed by atoms with Gasteiger partial charge >= 0.3 is 13.9 Å². The number of phosphoric ester groups is 1. The van der Waals surface area contributed by atoms with Crippen molar-refractivity contribution in [3.8, 4) is 5.75 Å². The molecule has 5 N–H and O–H groups in total. The molecule has 3 heterocycles. The number of fused-ring (bicyclic) bond motifs is 2. The van der Waals surface area contributed by atoms with Crippen LogP contribution >= 0.6 is 19.2 Å². The first kappa shape index (κ1) is 33.2. The summed E-state index contributed by atoms with van der Waals surface area (Å²) in [5, 5.41) is 9.08. The molecule has 0 unspecified atom stereocenters. The first-order valence-corrected chi connectivity index (χ1v) is 17.6. The van der Waals surface area contributed by atoms with Crippen molar-refractivity contribution in [3.63, 3.8) is 0 Å². The van der Waals surface area contributed by atoms with E-state index < -0.39 is 26.1 Å². The normalized spacial score (nSPS) is 18.6. The smallest absolute Gasteiger partial charge is 0.404 e. The van der Waals surface area contributed by atoms with E-state index >= 15 is 0 Å². The van der Waals surface area contributed by atoms with Crippen LogP contribution in [0.1, 0.15) is 16.7 Å². The molecule has 2 aliphatic rings. The number of piperazine rings is 1. The molecule has 4 aromatic rings. The zero-order chi connectivity index (χ0) is 34.0. The Morgan fingerprint density at radius 1 is 1.08 bits per heavy atom. The number of hydrogen-bond acceptors (Lipinski definition) is 8. The molecule has 15 heteroatoms. The number of nitrogens with two attached hydrogens (primary N) is 1. The molecule has 1 aromatic heterocycles. The van der Waals surface area contributed by atoms with Gasteiger partial charge in [0, 0.05) is 36.4 Å². The average molecular weight is 691 g/mol. The van der Waals surface area contributed by atoms with Gasteiger partial charge in [-0.2, -0.15) is 0 Å². The summed E-state index contributed by atoms with van der Waals surface area (Å²) in [7, 11) is -4.76. The van der Waals surface area contributed by atoms with Gasteiger partial charge in [0.25, 0.3) is 0 Å². The SMILES string of the molecule is C=CCN1CC(=O)N2[C@@H](Cc3ccc(OP(=O)(O)O)cc3)C(=O)N(Cc3csc4cc(N)ccc34)C[C@@H]2N1C(=O)NCc1ccccc1. The van der Waals surface area contributed by atoms with Crippen LogP contribution in [0.15, 0.2) is 90.8 Å². The third kappa shape index (κ3) is 7.23. The van der Waals surface area contributed by atoms with E-state index in [2.05, 4.69) is 16.4 Å². The number of nitrogens with zero attached hydrogens (tertiary/aromatic N) is 4. The van der Waals surface area contributed by atoms with E-state index in [9.17, 15) is 28.7 Å². The van der Waals surface area contributed by atoms with Gasteiger partial charge in [-0.25, -0.2) is 19.4 Å². The predicted molar refractivity (Wildman–Crippen MR) is 181 cm³/mol. The number of phosphoric acid groups is 1. The number of nitrogens with one attached hydrogen (secondary N) is 1. The van der Waals surface area contributed by atoms with E-state index in [1.54, 1.807) is 28.1 Å². The highest BCUT2D eigenvalue weighted by Gasteiger charge is 2.51. The highest BCUT2D eigenvalue weighted by Crippen LogP contribution is 2.38. The van der Waals surface area contributed by atoms with Crippen LogP contribution in [0, 0.1) is 0 Å². The number of amides is 4. The number of rotatable bonds is 10. The Hall–Kier alpha value is -4.72. The van der Waals surface area contributed by atoms with Gasteiger partial charge in [0.15, 0.2) is 0 Å². The molecule has 2 aliphatic heterocycles. The fourth-order valence-electron chi connectivity index (χ4n) is 6.17. The minimum atomic E-state index is -4.76. The number of nitrogen functional groups attached to an aromatic ring is 1. The monoisotopic (exact) mass is 690 g/mol. The quantitative estimate of drug-likeness (QED) is 0.110. The Morgan fingerprint density at radius 2 is 1.83 bits per heavy atom. The Labute approximate surface area is 281 Å². The predicted octanol–water partition coefficient (Wildman–Crippen LogP) is 3.69. The van der Waals surface area contributed by atoms with Crippen LogP contribution in [0.5, 0.6) is 5.75 Å². The van der Waals surface area contributed by atoms with Gasteiger partial charge in [0.2, 0.25) is 11.8 Å². The number of urea groups is 1. The van der Waals surface area contributed by atoms with Crippen molar-refractivity contribution in [2.24, 2.45) is 0 Å². The lowest BCUT2D eigenvalue weighted by Crippen LogP contribution is -2.76. The first-order chi connectivity index (χ1) is 23.0. The summed E-state index contributed by atoms with van der Waals surface area (Å²) < 4.78 is 17.0. The van der Waals surface area contributed by atoms with Crippen molar-refractivity contribution in [1.29, 1.82) is 0 Å². The Morgan fingerprint density at radius 3 is 2.54 bits per heavy atom. The van der Waals surface area contributed by atoms with E-state index in [4.69, 9.17) is 5.73 Å². The molecule has 2 saturated heterocycles. The van der Waals surface area contributed by atoms with Gasteiger partial charge in [0.1, 0.15) is 18.0 Å². The summed E-state index contributed by atoms with van der Waals surface area (Å²) in [6.45, 7) is 4.48. The lowest BCUT2D eigenvalue weighted by atomic mass is 9.98. The Kier molecular flexibility index (Phi) is 9.54. The number of benzene rings is 3. The van der Waals surface area contributed by atoms with Crippen molar-refractivity contribution in [2.45, 2.75) is 31.7 Å². The molecule has 48 heavy (non-hydrogen) atoms. The van der Waals surface area contributed by atoms with E-state index in [-0.39, 0.29) is 56.7 Å². The first-order valence-electron chi connectivity index (χ1n) is 15.2. The lowest BCUT2D eigenvalue weighted by Gasteiger charge is -2.55. The van der Waals surface area contributed by atoms with E-state index in [1.807, 2.05) is 53.9 Å². The second-order valence-corrected chi connectivity index (χ2v) is 13.7. The molecule has 0 radical (unpaired) electrons. The summed E-state index contributed by atoms with van der Waals surface area (Å²) in [6.07, 6.45) is 0.881. The van der Waals surface area contributed by atoms with Crippen molar-refractivity contribution in [2.75, 3.05) is 25.4 Å². The van der Waals surface area contributed by atoms with Crippen molar-refractivity contribution in [3.05, 3.63) is 108 Å². The average Bonchev–Trinajstić information content (AvgIpc) is 3.44. The van der Waals surface area contributed by atoms with Crippen LogP contribution in [0.4, 0.5) is 10.5 Å². The van der Waals surface area contributed by atoms with Gasteiger partial charge in [-0.05, 0) is 51.7 Å². The number of carbonyl (C=O) groups is 3. The van der Waals surface area contributed by atoms with Crippen LogP contribution in [0.3, 0.4) is 0 Å². The van der Waals surface area contributed by atoms with Crippen LogP contribution in [-0.4, -0.2) is 79.3 Å². The molecule has 6 rings (SSSR count). The largest absolute Gasteiger partial charge is 0.524 e. The number of thiophene rings is 1. The molecule has 3 aromatic carbocycles. The zero-order valence-electron chi connectivity index (χ0n) is 25.8. The number of carbonyl (C=O) groups excluding carboxylic acids is 3. The standard InChI is InChI=1S/C33H35N6O7PS/c1-2-14-37-20-31(40)38-28(15-22-8-11-26(12-9-22)46-47(43,44)45)32(41)36(18-24-21-48-29-16-25(34)10-13-27(24)29)19-30(38)39(37)33(42)35-17-23-6-4-3-5-7-23/h2-13,16,21,28,30H,1,14-15,17-20,34H2,(H,35,42)(H2,43,44,45)/t28-,30-/m0/s1. The Bertz CT molecular complexity index is 1880. The third-order valence-electron chi connectivity index (χ3n) is 8.28. The topological polar surface area (TPSA) is 169 Å². The fourth-order valence-corrected chi connectivity index (χ4v) is 7.57. The van der Waals surface area contributed by atoms with Crippen LogP contribution in [0.25, 0.3) is 10.1 Å². The molecule has 0 spiro atoms. The molecular formula is C33H35N6O7PS. The van der Waals surface area contributed by atoms with Crippen LogP contribution in [0.2, 0.25) is 0 Å². The molecular weight excluding hydrogens is 655 g/mol. The van der Waals surface area contributed by atoms with Crippen molar-refractivity contribution >= 4 is 52.8 Å². The maximum atomic E-state index is 14.3. The molecule has 250 valence electrons. The molecule has 4 amide bonds. The summed E-state index contributed by atoms with van der Waals surface area (Å²) in [5.41, 5.74) is 9.09. The van der Waals surface area contributed by atoms with Crippen LogP contribution < -0.4 is 15.6 Å². The fraction of sp³-hybridized carbons (Fsp3) is 0.242. The molecule has 0 aliphatic carbocycles. The van der Waals surface area contributed by atoms with Gasteiger partial charge in [-0.1, -0.05) is 54.6 Å². The number of anilines is 1. The highest BCUT2D eigenvalue weighted by molar-refractivity contribution is 7.46. The van der Waals surface area contributed by atoms with Crippen molar-refractivity contribution in [1.82, 2.24) is 25.1 Å². The molecule has 0 saturated carbocycles. The Balaban J connectivity index is 1.35.